The van der Waals surface area contributed by atoms with Crippen molar-refractivity contribution in [3.63, 3.8) is 0 Å². The summed E-state index contributed by atoms with van der Waals surface area (Å²) in [6.45, 7) is 6.61. The molecule has 108 valence electrons. The SMILES string of the molecule is CCc1ccc(C(CC)NC(C)c2ccc(Cl)s2)cc1. The lowest BCUT2D eigenvalue weighted by molar-refractivity contribution is 0.460. The first-order chi connectivity index (χ1) is 9.63. The molecular formula is C17H22ClNS. The average Bonchev–Trinajstić information content (AvgIpc) is 2.91. The van der Waals surface area contributed by atoms with Crippen LogP contribution in [0.1, 0.15) is 55.3 Å². The molecule has 1 aromatic carbocycles. The monoisotopic (exact) mass is 307 g/mol. The van der Waals surface area contributed by atoms with Crippen molar-refractivity contribution < 1.29 is 0 Å². The fourth-order valence-electron chi connectivity index (χ4n) is 2.38. The minimum Gasteiger partial charge on any atom is -0.303 e. The standard InChI is InChI=1S/C17H22ClNS/c1-4-13-6-8-14(9-7-13)15(5-2)19-12(3)16-10-11-17(18)20-16/h6-12,15,19H,4-5H2,1-3H3. The van der Waals surface area contributed by atoms with Crippen molar-refractivity contribution in [3.8, 4) is 0 Å². The lowest BCUT2D eigenvalue weighted by atomic mass is 10.0. The van der Waals surface area contributed by atoms with Crippen LogP contribution in [0, 0.1) is 0 Å². The number of hydrogen-bond donors (Lipinski definition) is 1. The summed E-state index contributed by atoms with van der Waals surface area (Å²) < 4.78 is 0.856. The molecule has 1 heterocycles. The van der Waals surface area contributed by atoms with E-state index in [0.29, 0.717) is 12.1 Å². The molecule has 0 amide bonds. The highest BCUT2D eigenvalue weighted by atomic mass is 35.5. The van der Waals surface area contributed by atoms with Gasteiger partial charge in [-0.2, -0.15) is 0 Å². The Morgan fingerprint density at radius 3 is 2.30 bits per heavy atom. The van der Waals surface area contributed by atoms with Gasteiger partial charge in [-0.15, -0.1) is 11.3 Å². The Hall–Kier alpha value is -0.830. The second-order valence-electron chi connectivity index (χ2n) is 5.09. The summed E-state index contributed by atoms with van der Waals surface area (Å²) in [6.07, 6.45) is 2.17. The van der Waals surface area contributed by atoms with Crippen LogP contribution in [0.5, 0.6) is 0 Å². The van der Waals surface area contributed by atoms with Crippen LogP contribution in [0.25, 0.3) is 0 Å². The summed E-state index contributed by atoms with van der Waals surface area (Å²) in [5.41, 5.74) is 2.75. The van der Waals surface area contributed by atoms with Crippen molar-refractivity contribution in [2.45, 2.75) is 45.7 Å². The van der Waals surface area contributed by atoms with Crippen LogP contribution in [0.2, 0.25) is 4.34 Å². The van der Waals surface area contributed by atoms with Crippen LogP contribution >= 0.6 is 22.9 Å². The second-order valence-corrected chi connectivity index (χ2v) is 6.83. The van der Waals surface area contributed by atoms with Crippen molar-refractivity contribution in [2.75, 3.05) is 0 Å². The number of nitrogens with one attached hydrogen (secondary N) is 1. The predicted octanol–water partition coefficient (Wildman–Crippen LogP) is 5.77. The molecule has 20 heavy (non-hydrogen) atoms. The molecule has 0 spiro atoms. The van der Waals surface area contributed by atoms with Gasteiger partial charge in [0.2, 0.25) is 0 Å². The Balaban J connectivity index is 2.07. The Morgan fingerprint density at radius 2 is 1.80 bits per heavy atom. The molecule has 0 saturated carbocycles. The zero-order valence-corrected chi connectivity index (χ0v) is 13.9. The van der Waals surface area contributed by atoms with Gasteiger partial charge in [-0.05, 0) is 43.0 Å². The molecule has 0 fully saturated rings. The van der Waals surface area contributed by atoms with E-state index in [1.807, 2.05) is 6.07 Å². The topological polar surface area (TPSA) is 12.0 Å². The molecule has 0 radical (unpaired) electrons. The van der Waals surface area contributed by atoms with Gasteiger partial charge in [0.1, 0.15) is 0 Å². The summed E-state index contributed by atoms with van der Waals surface area (Å²) in [5, 5.41) is 3.70. The Kier molecular flexibility index (Phi) is 5.64. The number of hydrogen-bond acceptors (Lipinski definition) is 2. The normalized spacial score (nSPS) is 14.2. The minimum atomic E-state index is 0.323. The maximum Gasteiger partial charge on any atom is 0.0931 e. The molecule has 1 aromatic heterocycles. The molecular weight excluding hydrogens is 286 g/mol. The number of halogens is 1. The molecule has 0 saturated heterocycles. The van der Waals surface area contributed by atoms with Crippen LogP contribution in [0.4, 0.5) is 0 Å². The van der Waals surface area contributed by atoms with Gasteiger partial charge in [0, 0.05) is 17.0 Å². The maximum atomic E-state index is 6.02. The number of benzene rings is 1. The van der Waals surface area contributed by atoms with Crippen molar-refractivity contribution in [3.05, 3.63) is 56.7 Å². The van der Waals surface area contributed by atoms with E-state index >= 15 is 0 Å². The summed E-state index contributed by atoms with van der Waals surface area (Å²) in [5.74, 6) is 0. The third-order valence-corrected chi connectivity index (χ3v) is 5.08. The fraction of sp³-hybridized carbons (Fsp3) is 0.412. The molecule has 2 rings (SSSR count). The number of thiophene rings is 1. The maximum absolute atomic E-state index is 6.02. The first-order valence-corrected chi connectivity index (χ1v) is 8.43. The lowest BCUT2D eigenvalue weighted by Gasteiger charge is -2.22. The Morgan fingerprint density at radius 1 is 1.10 bits per heavy atom. The van der Waals surface area contributed by atoms with E-state index in [-0.39, 0.29) is 0 Å². The van der Waals surface area contributed by atoms with Gasteiger partial charge in [-0.1, -0.05) is 49.7 Å². The number of aryl methyl sites for hydroxylation is 1. The van der Waals surface area contributed by atoms with E-state index in [4.69, 9.17) is 11.6 Å². The van der Waals surface area contributed by atoms with E-state index in [2.05, 4.69) is 56.4 Å². The van der Waals surface area contributed by atoms with E-state index in [1.54, 1.807) is 11.3 Å². The zero-order valence-electron chi connectivity index (χ0n) is 12.3. The molecule has 0 aliphatic rings. The van der Waals surface area contributed by atoms with Crippen LogP contribution in [0.3, 0.4) is 0 Å². The minimum absolute atomic E-state index is 0.323. The molecule has 0 aliphatic carbocycles. The van der Waals surface area contributed by atoms with Gasteiger partial charge in [-0.3, -0.25) is 0 Å². The Labute approximate surface area is 131 Å². The first kappa shape index (κ1) is 15.6. The lowest BCUT2D eigenvalue weighted by Crippen LogP contribution is -2.23. The molecule has 0 bridgehead atoms. The second kappa shape index (κ2) is 7.26. The molecule has 2 atom stereocenters. The van der Waals surface area contributed by atoms with Crippen LogP contribution in [-0.4, -0.2) is 0 Å². The van der Waals surface area contributed by atoms with Gasteiger partial charge >= 0.3 is 0 Å². The third kappa shape index (κ3) is 3.85. The zero-order chi connectivity index (χ0) is 14.5. The van der Waals surface area contributed by atoms with Crippen molar-refractivity contribution in [2.24, 2.45) is 0 Å². The molecule has 3 heteroatoms. The van der Waals surface area contributed by atoms with E-state index in [0.717, 1.165) is 17.2 Å². The third-order valence-electron chi connectivity index (χ3n) is 3.67. The summed E-state index contributed by atoms with van der Waals surface area (Å²) in [4.78, 5) is 1.29. The van der Waals surface area contributed by atoms with Gasteiger partial charge in [0.25, 0.3) is 0 Å². The van der Waals surface area contributed by atoms with Gasteiger partial charge in [-0.25, -0.2) is 0 Å². The van der Waals surface area contributed by atoms with E-state index in [9.17, 15) is 0 Å². The van der Waals surface area contributed by atoms with Crippen LogP contribution < -0.4 is 5.32 Å². The average molecular weight is 308 g/mol. The molecule has 2 unspecified atom stereocenters. The molecule has 2 aromatic rings. The molecule has 0 aliphatic heterocycles. The smallest absolute Gasteiger partial charge is 0.0931 e. The van der Waals surface area contributed by atoms with Gasteiger partial charge < -0.3 is 5.32 Å². The largest absolute Gasteiger partial charge is 0.303 e. The predicted molar refractivity (Wildman–Crippen MR) is 89.7 cm³/mol. The van der Waals surface area contributed by atoms with Gasteiger partial charge in [0.15, 0.2) is 0 Å². The van der Waals surface area contributed by atoms with Gasteiger partial charge in [0.05, 0.1) is 4.34 Å². The quantitative estimate of drug-likeness (QED) is 0.714. The molecule has 1 N–H and O–H groups in total. The summed E-state index contributed by atoms with van der Waals surface area (Å²) in [6, 6.07) is 13.7. The highest BCUT2D eigenvalue weighted by Crippen LogP contribution is 2.29. The highest BCUT2D eigenvalue weighted by Gasteiger charge is 2.15. The number of rotatable bonds is 6. The van der Waals surface area contributed by atoms with Crippen molar-refractivity contribution >= 4 is 22.9 Å². The van der Waals surface area contributed by atoms with Crippen molar-refractivity contribution in [1.82, 2.24) is 5.32 Å². The van der Waals surface area contributed by atoms with Crippen LogP contribution in [-0.2, 0) is 6.42 Å². The van der Waals surface area contributed by atoms with E-state index in [1.165, 1.54) is 16.0 Å². The Bertz CT molecular complexity index is 532. The summed E-state index contributed by atoms with van der Waals surface area (Å²) >= 11 is 7.67. The van der Waals surface area contributed by atoms with Crippen molar-refractivity contribution in [1.29, 1.82) is 0 Å². The highest BCUT2D eigenvalue weighted by molar-refractivity contribution is 7.16. The van der Waals surface area contributed by atoms with Crippen LogP contribution in [0.15, 0.2) is 36.4 Å². The first-order valence-electron chi connectivity index (χ1n) is 7.24. The fourth-order valence-corrected chi connectivity index (χ4v) is 3.45. The van der Waals surface area contributed by atoms with E-state index < -0.39 is 0 Å². The summed E-state index contributed by atoms with van der Waals surface area (Å²) in [7, 11) is 0. The molecule has 1 nitrogen and oxygen atoms in total.